The Bertz CT molecular complexity index is 1050. The number of halogens is 2. The van der Waals surface area contributed by atoms with Crippen molar-refractivity contribution in [1.29, 1.82) is 0 Å². The van der Waals surface area contributed by atoms with Gasteiger partial charge in [0.25, 0.3) is 12.0 Å². The number of nitrogens with zero attached hydrogens (tertiary/aromatic N) is 6. The van der Waals surface area contributed by atoms with E-state index in [0.29, 0.717) is 12.5 Å². The summed E-state index contributed by atoms with van der Waals surface area (Å²) in [6.07, 6.45) is 0.300. The lowest BCUT2D eigenvalue weighted by molar-refractivity contribution is 0.145. The highest BCUT2D eigenvalue weighted by atomic mass is 19.3. The summed E-state index contributed by atoms with van der Waals surface area (Å²) >= 11 is 0. The highest BCUT2D eigenvalue weighted by molar-refractivity contribution is 5.52. The average Bonchev–Trinajstić information content (AvgIpc) is 3.03. The van der Waals surface area contributed by atoms with Gasteiger partial charge in [-0.2, -0.15) is 9.61 Å². The Morgan fingerprint density at radius 1 is 1.14 bits per heavy atom. The predicted molar refractivity (Wildman–Crippen MR) is 101 cm³/mol. The summed E-state index contributed by atoms with van der Waals surface area (Å²) in [5.74, 6) is 1.32. The number of anilines is 1. The first-order valence-electron chi connectivity index (χ1n) is 9.34. The monoisotopic (exact) mass is 388 g/mol. The zero-order valence-corrected chi connectivity index (χ0v) is 15.8. The fourth-order valence-electron chi connectivity index (χ4n) is 3.74. The van der Waals surface area contributed by atoms with Crippen molar-refractivity contribution in [2.75, 3.05) is 18.0 Å². The van der Waals surface area contributed by atoms with E-state index < -0.39 is 17.7 Å². The van der Waals surface area contributed by atoms with Crippen LogP contribution in [0.15, 0.2) is 29.3 Å². The third-order valence-electron chi connectivity index (χ3n) is 5.18. The van der Waals surface area contributed by atoms with Gasteiger partial charge in [-0.1, -0.05) is 0 Å². The van der Waals surface area contributed by atoms with Crippen molar-refractivity contribution in [3.05, 3.63) is 52.0 Å². The van der Waals surface area contributed by atoms with E-state index in [9.17, 15) is 13.6 Å². The molecular formula is C19H22F2N6O. The van der Waals surface area contributed by atoms with Crippen molar-refractivity contribution >= 4 is 11.5 Å². The number of aryl methyl sites for hydroxylation is 2. The maximum absolute atomic E-state index is 12.7. The third kappa shape index (κ3) is 3.61. The number of piperidine rings is 1. The smallest absolute Gasteiger partial charge is 0.280 e. The first-order valence-corrected chi connectivity index (χ1v) is 9.34. The fourth-order valence-corrected chi connectivity index (χ4v) is 3.74. The minimum Gasteiger partial charge on any atom is -0.356 e. The SMILES string of the molecule is Cc1cc(N2CCC(Cn3cnc(C(F)F)cc3=O)CC2)n2nc(C)cc2n1. The molecule has 9 heteroatoms. The molecule has 4 heterocycles. The predicted octanol–water partition coefficient (Wildman–Crippen LogP) is 2.76. The summed E-state index contributed by atoms with van der Waals surface area (Å²) in [4.78, 5) is 22.6. The Morgan fingerprint density at radius 2 is 1.89 bits per heavy atom. The largest absolute Gasteiger partial charge is 0.356 e. The molecule has 0 unspecified atom stereocenters. The Morgan fingerprint density at radius 3 is 2.57 bits per heavy atom. The van der Waals surface area contributed by atoms with Gasteiger partial charge < -0.3 is 4.90 Å². The molecule has 0 spiro atoms. The first kappa shape index (κ1) is 18.5. The van der Waals surface area contributed by atoms with Crippen LogP contribution in [-0.4, -0.2) is 37.2 Å². The van der Waals surface area contributed by atoms with Gasteiger partial charge in [-0.25, -0.2) is 18.7 Å². The molecule has 0 radical (unpaired) electrons. The molecule has 4 rings (SSSR count). The molecule has 1 fully saturated rings. The number of hydrogen-bond acceptors (Lipinski definition) is 5. The van der Waals surface area contributed by atoms with Crippen LogP contribution in [0.2, 0.25) is 0 Å². The van der Waals surface area contributed by atoms with Crippen molar-refractivity contribution < 1.29 is 8.78 Å². The van der Waals surface area contributed by atoms with E-state index in [0.717, 1.165) is 54.9 Å². The lowest BCUT2D eigenvalue weighted by Crippen LogP contribution is -2.37. The van der Waals surface area contributed by atoms with Crippen molar-refractivity contribution in [2.24, 2.45) is 5.92 Å². The minimum absolute atomic E-state index is 0.297. The van der Waals surface area contributed by atoms with Gasteiger partial charge in [0.15, 0.2) is 5.65 Å². The normalized spacial score (nSPS) is 15.7. The van der Waals surface area contributed by atoms with Crippen molar-refractivity contribution in [1.82, 2.24) is 24.1 Å². The van der Waals surface area contributed by atoms with Gasteiger partial charge >= 0.3 is 0 Å². The van der Waals surface area contributed by atoms with E-state index in [-0.39, 0.29) is 0 Å². The van der Waals surface area contributed by atoms with Crippen LogP contribution in [-0.2, 0) is 6.54 Å². The molecule has 0 aromatic carbocycles. The number of fused-ring (bicyclic) bond motifs is 1. The number of rotatable bonds is 4. The van der Waals surface area contributed by atoms with Gasteiger partial charge in [-0.3, -0.25) is 9.36 Å². The summed E-state index contributed by atoms with van der Waals surface area (Å²) in [5.41, 5.74) is 1.81. The van der Waals surface area contributed by atoms with E-state index in [4.69, 9.17) is 0 Å². The van der Waals surface area contributed by atoms with E-state index in [1.807, 2.05) is 30.5 Å². The molecule has 0 N–H and O–H groups in total. The molecule has 148 valence electrons. The maximum Gasteiger partial charge on any atom is 0.280 e. The van der Waals surface area contributed by atoms with Crippen LogP contribution in [0.3, 0.4) is 0 Å². The van der Waals surface area contributed by atoms with Gasteiger partial charge in [-0.05, 0) is 32.6 Å². The standard InChI is InChI=1S/C19H22F2N6O/c1-12-8-17(27-16(23-12)7-13(2)24-27)25-5-3-14(4-6-25)10-26-11-22-15(19(20)21)9-18(26)28/h7-9,11,14,19H,3-6,10H2,1-2H3. The molecule has 7 nitrogen and oxygen atoms in total. The fraction of sp³-hybridized carbons (Fsp3) is 0.474. The number of alkyl halides is 2. The van der Waals surface area contributed by atoms with Crippen LogP contribution in [0.4, 0.5) is 14.6 Å². The van der Waals surface area contributed by atoms with Crippen molar-refractivity contribution in [3.63, 3.8) is 0 Å². The first-order chi connectivity index (χ1) is 13.4. The van der Waals surface area contributed by atoms with Gasteiger partial charge in [0, 0.05) is 43.5 Å². The quantitative estimate of drug-likeness (QED) is 0.688. The Kier molecular flexibility index (Phi) is 4.82. The molecule has 1 saturated heterocycles. The maximum atomic E-state index is 12.7. The van der Waals surface area contributed by atoms with E-state index >= 15 is 0 Å². The van der Waals surface area contributed by atoms with E-state index in [2.05, 4.69) is 20.0 Å². The second-order valence-corrected chi connectivity index (χ2v) is 7.35. The molecule has 0 aliphatic carbocycles. The van der Waals surface area contributed by atoms with Crippen LogP contribution in [0.1, 0.15) is 36.3 Å². The van der Waals surface area contributed by atoms with Gasteiger partial charge in [-0.15, -0.1) is 0 Å². The molecular weight excluding hydrogens is 366 g/mol. The molecule has 0 bridgehead atoms. The lowest BCUT2D eigenvalue weighted by Gasteiger charge is -2.33. The molecule has 1 aliphatic heterocycles. The van der Waals surface area contributed by atoms with Crippen molar-refractivity contribution in [3.8, 4) is 0 Å². The van der Waals surface area contributed by atoms with Crippen LogP contribution < -0.4 is 10.5 Å². The number of hydrogen-bond donors (Lipinski definition) is 0. The van der Waals surface area contributed by atoms with Crippen LogP contribution in [0.25, 0.3) is 5.65 Å². The summed E-state index contributed by atoms with van der Waals surface area (Å²) in [5, 5.41) is 4.55. The Balaban J connectivity index is 1.46. The third-order valence-corrected chi connectivity index (χ3v) is 5.18. The van der Waals surface area contributed by atoms with Crippen LogP contribution in [0.5, 0.6) is 0 Å². The lowest BCUT2D eigenvalue weighted by atomic mass is 9.96. The zero-order valence-electron chi connectivity index (χ0n) is 15.8. The Hall–Kier alpha value is -2.84. The summed E-state index contributed by atoms with van der Waals surface area (Å²) in [6, 6.07) is 4.93. The van der Waals surface area contributed by atoms with Gasteiger partial charge in [0.05, 0.1) is 12.0 Å². The van der Waals surface area contributed by atoms with E-state index in [1.165, 1.54) is 10.9 Å². The molecule has 3 aromatic heterocycles. The molecule has 1 aliphatic rings. The average molecular weight is 388 g/mol. The molecule has 0 amide bonds. The molecule has 28 heavy (non-hydrogen) atoms. The summed E-state index contributed by atoms with van der Waals surface area (Å²) in [6.45, 7) is 6.08. The van der Waals surface area contributed by atoms with Gasteiger partial charge in [0.2, 0.25) is 0 Å². The topological polar surface area (TPSA) is 68.3 Å². The molecule has 0 saturated carbocycles. The van der Waals surface area contributed by atoms with E-state index in [1.54, 1.807) is 0 Å². The Labute approximate surface area is 160 Å². The zero-order chi connectivity index (χ0) is 19.8. The highest BCUT2D eigenvalue weighted by Gasteiger charge is 2.23. The second-order valence-electron chi connectivity index (χ2n) is 7.35. The van der Waals surface area contributed by atoms with Crippen molar-refractivity contribution in [2.45, 2.75) is 39.7 Å². The molecule has 3 aromatic rings. The van der Waals surface area contributed by atoms with Gasteiger partial charge in [0.1, 0.15) is 11.5 Å². The van der Waals surface area contributed by atoms with Crippen LogP contribution >= 0.6 is 0 Å². The number of aromatic nitrogens is 5. The summed E-state index contributed by atoms with van der Waals surface area (Å²) < 4.78 is 28.6. The van der Waals surface area contributed by atoms with Crippen LogP contribution in [0, 0.1) is 19.8 Å². The highest BCUT2D eigenvalue weighted by Crippen LogP contribution is 2.25. The summed E-state index contributed by atoms with van der Waals surface area (Å²) in [7, 11) is 0. The second kappa shape index (κ2) is 7.29. The minimum atomic E-state index is -2.72. The molecule has 0 atom stereocenters.